The Hall–Kier alpha value is -2.66. The van der Waals surface area contributed by atoms with Crippen molar-refractivity contribution in [2.24, 2.45) is 5.84 Å². The van der Waals surface area contributed by atoms with Crippen molar-refractivity contribution in [1.82, 2.24) is 9.55 Å². The number of benzene rings is 2. The van der Waals surface area contributed by atoms with E-state index in [0.717, 1.165) is 11.3 Å². The third-order valence-electron chi connectivity index (χ3n) is 3.65. The predicted molar refractivity (Wildman–Crippen MR) is 84.6 cm³/mol. The van der Waals surface area contributed by atoms with Gasteiger partial charge in [-0.15, -0.1) is 0 Å². The van der Waals surface area contributed by atoms with Gasteiger partial charge in [0, 0.05) is 0 Å². The number of nitrogens with two attached hydrogens (primary N) is 1. The van der Waals surface area contributed by atoms with Crippen molar-refractivity contribution in [2.75, 3.05) is 5.43 Å². The number of rotatable bonds is 2. The molecule has 0 amide bonds. The zero-order valence-electron chi connectivity index (χ0n) is 11.9. The lowest BCUT2D eigenvalue weighted by atomic mass is 10.1. The van der Waals surface area contributed by atoms with Crippen molar-refractivity contribution < 1.29 is 0 Å². The van der Waals surface area contributed by atoms with Crippen LogP contribution >= 0.6 is 0 Å². The number of hydrazine groups is 1. The summed E-state index contributed by atoms with van der Waals surface area (Å²) in [4.78, 5) is 17.1. The molecule has 0 bridgehead atoms. The summed E-state index contributed by atoms with van der Waals surface area (Å²) < 4.78 is 1.49. The molecule has 21 heavy (non-hydrogen) atoms. The molecule has 3 N–H and O–H groups in total. The second-order valence-electron chi connectivity index (χ2n) is 5.01. The summed E-state index contributed by atoms with van der Waals surface area (Å²) in [6.45, 7) is 4.04. The average Bonchev–Trinajstić information content (AvgIpc) is 2.50. The van der Waals surface area contributed by atoms with Crippen molar-refractivity contribution in [2.45, 2.75) is 13.8 Å². The second-order valence-corrected chi connectivity index (χ2v) is 5.01. The van der Waals surface area contributed by atoms with E-state index in [1.54, 1.807) is 12.1 Å². The maximum atomic E-state index is 12.7. The molecular formula is C16H16N4O. The highest BCUT2D eigenvalue weighted by atomic mass is 16.1. The Bertz CT molecular complexity index is 883. The highest BCUT2D eigenvalue weighted by Gasteiger charge is 2.12. The monoisotopic (exact) mass is 280 g/mol. The molecule has 0 spiro atoms. The van der Waals surface area contributed by atoms with E-state index in [2.05, 4.69) is 10.4 Å². The standard InChI is InChI=1S/C16H16N4O/c1-10-7-8-12(9-11(10)2)20-15(21)13-5-3-4-6-14(13)18-16(20)19-17/h3-9H,17H2,1-2H3,(H,18,19). The van der Waals surface area contributed by atoms with Crippen LogP contribution in [0.3, 0.4) is 0 Å². The van der Waals surface area contributed by atoms with Crippen LogP contribution in [-0.4, -0.2) is 9.55 Å². The lowest BCUT2D eigenvalue weighted by molar-refractivity contribution is 0.952. The molecule has 3 aromatic rings. The quantitative estimate of drug-likeness (QED) is 0.558. The summed E-state index contributed by atoms with van der Waals surface area (Å²) in [5.74, 6) is 5.86. The Morgan fingerprint density at radius 1 is 1.10 bits per heavy atom. The summed E-state index contributed by atoms with van der Waals surface area (Å²) in [5, 5.41) is 0.565. The number of nitrogen functional groups attached to an aromatic ring is 1. The number of para-hydroxylation sites is 1. The number of hydrogen-bond acceptors (Lipinski definition) is 4. The van der Waals surface area contributed by atoms with Gasteiger partial charge in [-0.25, -0.2) is 15.4 Å². The summed E-state index contributed by atoms with van der Waals surface area (Å²) in [6, 6.07) is 13.0. The molecule has 0 aliphatic heterocycles. The van der Waals surface area contributed by atoms with E-state index in [9.17, 15) is 4.79 Å². The number of anilines is 1. The van der Waals surface area contributed by atoms with E-state index in [1.165, 1.54) is 10.1 Å². The van der Waals surface area contributed by atoms with Gasteiger partial charge in [-0.1, -0.05) is 18.2 Å². The smallest absolute Gasteiger partial charge is 0.267 e. The van der Waals surface area contributed by atoms with E-state index in [1.807, 2.05) is 44.2 Å². The van der Waals surface area contributed by atoms with Gasteiger partial charge in [-0.3, -0.25) is 10.2 Å². The van der Waals surface area contributed by atoms with Crippen LogP contribution in [0.5, 0.6) is 0 Å². The van der Waals surface area contributed by atoms with Gasteiger partial charge in [-0.2, -0.15) is 0 Å². The van der Waals surface area contributed by atoms with Crippen molar-refractivity contribution in [3.8, 4) is 5.69 Å². The van der Waals surface area contributed by atoms with Crippen LogP contribution in [0.4, 0.5) is 5.95 Å². The zero-order chi connectivity index (χ0) is 15.0. The summed E-state index contributed by atoms with van der Waals surface area (Å²) in [5.41, 5.74) is 6.01. The van der Waals surface area contributed by atoms with E-state index >= 15 is 0 Å². The minimum atomic E-state index is -0.142. The molecule has 0 saturated heterocycles. The third-order valence-corrected chi connectivity index (χ3v) is 3.65. The van der Waals surface area contributed by atoms with Crippen LogP contribution in [-0.2, 0) is 0 Å². The van der Waals surface area contributed by atoms with Gasteiger partial charge in [-0.05, 0) is 49.2 Å². The fourth-order valence-electron chi connectivity index (χ4n) is 2.33. The Morgan fingerprint density at radius 2 is 1.86 bits per heavy atom. The molecule has 0 unspecified atom stereocenters. The van der Waals surface area contributed by atoms with Gasteiger partial charge < -0.3 is 0 Å². The van der Waals surface area contributed by atoms with E-state index in [-0.39, 0.29) is 5.56 Å². The van der Waals surface area contributed by atoms with E-state index in [4.69, 9.17) is 5.84 Å². The Balaban J connectivity index is 2.37. The molecule has 1 heterocycles. The molecule has 0 fully saturated rings. The number of hydrogen-bond donors (Lipinski definition) is 2. The van der Waals surface area contributed by atoms with Gasteiger partial charge in [0.15, 0.2) is 0 Å². The number of aromatic nitrogens is 2. The Kier molecular flexibility index (Phi) is 3.19. The highest BCUT2D eigenvalue weighted by molar-refractivity contribution is 5.79. The summed E-state index contributed by atoms with van der Waals surface area (Å²) in [7, 11) is 0. The fraction of sp³-hybridized carbons (Fsp3) is 0.125. The van der Waals surface area contributed by atoms with Crippen molar-refractivity contribution in [3.63, 3.8) is 0 Å². The molecule has 2 aromatic carbocycles. The number of nitrogens with one attached hydrogen (secondary N) is 1. The van der Waals surface area contributed by atoms with Crippen molar-refractivity contribution in [1.29, 1.82) is 0 Å². The lowest BCUT2D eigenvalue weighted by Crippen LogP contribution is -2.26. The molecule has 5 nitrogen and oxygen atoms in total. The summed E-state index contributed by atoms with van der Waals surface area (Å²) in [6.07, 6.45) is 0. The number of aryl methyl sites for hydroxylation is 2. The number of fused-ring (bicyclic) bond motifs is 1. The maximum absolute atomic E-state index is 12.7. The first-order chi connectivity index (χ1) is 10.1. The van der Waals surface area contributed by atoms with Crippen LogP contribution in [0.2, 0.25) is 0 Å². The SMILES string of the molecule is Cc1ccc(-n2c(NN)nc3ccccc3c2=O)cc1C. The second kappa shape index (κ2) is 5.03. The van der Waals surface area contributed by atoms with E-state index in [0.29, 0.717) is 16.9 Å². The van der Waals surface area contributed by atoms with Gasteiger partial charge >= 0.3 is 0 Å². The normalized spacial score (nSPS) is 10.8. The van der Waals surface area contributed by atoms with Crippen LogP contribution in [0, 0.1) is 13.8 Å². The Morgan fingerprint density at radius 3 is 2.57 bits per heavy atom. The number of nitrogens with zero attached hydrogens (tertiary/aromatic N) is 2. The largest absolute Gasteiger partial charge is 0.293 e. The Labute approximate surface area is 122 Å². The molecule has 5 heteroatoms. The molecule has 0 aliphatic rings. The molecular weight excluding hydrogens is 264 g/mol. The highest BCUT2D eigenvalue weighted by Crippen LogP contribution is 2.18. The maximum Gasteiger partial charge on any atom is 0.267 e. The van der Waals surface area contributed by atoms with Gasteiger partial charge in [0.1, 0.15) is 0 Å². The first-order valence-corrected chi connectivity index (χ1v) is 6.68. The molecule has 0 radical (unpaired) electrons. The molecule has 1 aromatic heterocycles. The average molecular weight is 280 g/mol. The van der Waals surface area contributed by atoms with Crippen LogP contribution in [0.15, 0.2) is 47.3 Å². The van der Waals surface area contributed by atoms with E-state index < -0.39 is 0 Å². The van der Waals surface area contributed by atoms with Crippen LogP contribution in [0.25, 0.3) is 16.6 Å². The third kappa shape index (κ3) is 2.17. The summed E-state index contributed by atoms with van der Waals surface area (Å²) >= 11 is 0. The molecule has 0 saturated carbocycles. The fourth-order valence-corrected chi connectivity index (χ4v) is 2.33. The topological polar surface area (TPSA) is 72.9 Å². The van der Waals surface area contributed by atoms with Crippen LogP contribution in [0.1, 0.15) is 11.1 Å². The zero-order valence-corrected chi connectivity index (χ0v) is 11.9. The molecule has 0 atom stereocenters. The first kappa shape index (κ1) is 13.3. The molecule has 0 aliphatic carbocycles. The lowest BCUT2D eigenvalue weighted by Gasteiger charge is -2.13. The first-order valence-electron chi connectivity index (χ1n) is 6.68. The van der Waals surface area contributed by atoms with Crippen molar-refractivity contribution >= 4 is 16.9 Å². The molecule has 106 valence electrons. The minimum absolute atomic E-state index is 0.142. The van der Waals surface area contributed by atoms with Crippen molar-refractivity contribution in [3.05, 3.63) is 63.9 Å². The van der Waals surface area contributed by atoms with Gasteiger partial charge in [0.05, 0.1) is 16.6 Å². The van der Waals surface area contributed by atoms with Gasteiger partial charge in [0.2, 0.25) is 5.95 Å². The molecule has 3 rings (SSSR count). The predicted octanol–water partition coefficient (Wildman–Crippen LogP) is 2.29. The van der Waals surface area contributed by atoms with Gasteiger partial charge in [0.25, 0.3) is 5.56 Å². The van der Waals surface area contributed by atoms with Crippen LogP contribution < -0.4 is 16.8 Å². The minimum Gasteiger partial charge on any atom is -0.293 e.